The summed E-state index contributed by atoms with van der Waals surface area (Å²) in [6, 6.07) is 3.31. The molecule has 0 aliphatic rings. The first-order chi connectivity index (χ1) is 9.08. The SMILES string of the molecule is CCCOC(=O)NCCc1cc(OC)c(Br)cc1O. The van der Waals surface area contributed by atoms with E-state index in [0.29, 0.717) is 35.4 Å². The third-order valence-electron chi connectivity index (χ3n) is 2.45. The summed E-state index contributed by atoms with van der Waals surface area (Å²) in [5.41, 5.74) is 0.704. The van der Waals surface area contributed by atoms with Gasteiger partial charge in [-0.05, 0) is 46.5 Å². The summed E-state index contributed by atoms with van der Waals surface area (Å²) in [5, 5.41) is 12.4. The molecule has 19 heavy (non-hydrogen) atoms. The van der Waals surface area contributed by atoms with Crippen LogP contribution in [0.5, 0.6) is 11.5 Å². The molecule has 1 amide bonds. The number of nitrogens with one attached hydrogen (secondary N) is 1. The Morgan fingerprint density at radius 3 is 2.84 bits per heavy atom. The van der Waals surface area contributed by atoms with Crippen molar-refractivity contribution in [3.8, 4) is 11.5 Å². The van der Waals surface area contributed by atoms with Crippen LogP contribution in [0.4, 0.5) is 4.79 Å². The van der Waals surface area contributed by atoms with Crippen LogP contribution in [0.1, 0.15) is 18.9 Å². The number of rotatable bonds is 6. The Morgan fingerprint density at radius 1 is 1.47 bits per heavy atom. The zero-order chi connectivity index (χ0) is 14.3. The third kappa shape index (κ3) is 4.98. The Labute approximate surface area is 121 Å². The molecular formula is C13H18BrNO4. The molecule has 1 rings (SSSR count). The van der Waals surface area contributed by atoms with Gasteiger partial charge in [-0.25, -0.2) is 4.79 Å². The highest BCUT2D eigenvalue weighted by molar-refractivity contribution is 9.10. The van der Waals surface area contributed by atoms with Gasteiger partial charge in [-0.3, -0.25) is 0 Å². The van der Waals surface area contributed by atoms with Gasteiger partial charge in [0.2, 0.25) is 0 Å². The van der Waals surface area contributed by atoms with Crippen molar-refractivity contribution in [1.82, 2.24) is 5.32 Å². The minimum atomic E-state index is -0.439. The van der Waals surface area contributed by atoms with Crippen LogP contribution in [0, 0.1) is 0 Å². The minimum Gasteiger partial charge on any atom is -0.508 e. The number of carbonyl (C=O) groups is 1. The van der Waals surface area contributed by atoms with Crippen molar-refractivity contribution in [3.05, 3.63) is 22.2 Å². The van der Waals surface area contributed by atoms with E-state index >= 15 is 0 Å². The second kappa shape index (κ2) is 7.89. The Balaban J connectivity index is 2.51. The van der Waals surface area contributed by atoms with Crippen molar-refractivity contribution in [2.45, 2.75) is 19.8 Å². The second-order valence-corrected chi connectivity index (χ2v) is 4.78. The molecule has 0 aliphatic heterocycles. The van der Waals surface area contributed by atoms with Gasteiger partial charge in [0.15, 0.2) is 0 Å². The predicted molar refractivity (Wildman–Crippen MR) is 75.7 cm³/mol. The van der Waals surface area contributed by atoms with Gasteiger partial charge in [-0.2, -0.15) is 0 Å². The number of methoxy groups -OCH3 is 1. The summed E-state index contributed by atoms with van der Waals surface area (Å²) < 4.78 is 10.7. The van der Waals surface area contributed by atoms with E-state index in [9.17, 15) is 9.90 Å². The smallest absolute Gasteiger partial charge is 0.407 e. The zero-order valence-electron chi connectivity index (χ0n) is 11.0. The van der Waals surface area contributed by atoms with E-state index in [1.54, 1.807) is 19.2 Å². The normalized spacial score (nSPS) is 10.1. The Bertz CT molecular complexity index is 437. The van der Waals surface area contributed by atoms with Crippen LogP contribution < -0.4 is 10.1 Å². The Kier molecular flexibility index (Phi) is 6.49. The van der Waals surface area contributed by atoms with E-state index in [1.807, 2.05) is 6.92 Å². The van der Waals surface area contributed by atoms with Crippen molar-refractivity contribution >= 4 is 22.0 Å². The number of amides is 1. The largest absolute Gasteiger partial charge is 0.508 e. The topological polar surface area (TPSA) is 67.8 Å². The lowest BCUT2D eigenvalue weighted by molar-refractivity contribution is 0.146. The molecule has 0 bridgehead atoms. The van der Waals surface area contributed by atoms with E-state index < -0.39 is 6.09 Å². The molecule has 0 atom stereocenters. The van der Waals surface area contributed by atoms with Crippen LogP contribution in [-0.4, -0.2) is 31.5 Å². The van der Waals surface area contributed by atoms with Crippen LogP contribution in [0.15, 0.2) is 16.6 Å². The van der Waals surface area contributed by atoms with E-state index in [1.165, 1.54) is 0 Å². The van der Waals surface area contributed by atoms with Crippen LogP contribution in [-0.2, 0) is 11.2 Å². The third-order valence-corrected chi connectivity index (χ3v) is 3.07. The first kappa shape index (κ1) is 15.6. The summed E-state index contributed by atoms with van der Waals surface area (Å²) >= 11 is 3.29. The number of phenolic OH excluding ortho intramolecular Hbond substituents is 1. The van der Waals surface area contributed by atoms with E-state index in [4.69, 9.17) is 9.47 Å². The summed E-state index contributed by atoms with van der Waals surface area (Å²) in [6.45, 7) is 2.73. The molecule has 0 aliphatic carbocycles. The van der Waals surface area contributed by atoms with Gasteiger partial charge in [0.05, 0.1) is 18.2 Å². The molecule has 106 valence electrons. The van der Waals surface area contributed by atoms with E-state index in [2.05, 4.69) is 21.2 Å². The molecule has 0 saturated heterocycles. The average molecular weight is 332 g/mol. The molecule has 2 N–H and O–H groups in total. The second-order valence-electron chi connectivity index (χ2n) is 3.93. The van der Waals surface area contributed by atoms with Crippen LogP contribution in [0.2, 0.25) is 0 Å². The fourth-order valence-corrected chi connectivity index (χ4v) is 1.98. The lowest BCUT2D eigenvalue weighted by Gasteiger charge is -2.10. The highest BCUT2D eigenvalue weighted by atomic mass is 79.9. The molecule has 1 aromatic carbocycles. The van der Waals surface area contributed by atoms with Gasteiger partial charge in [0.25, 0.3) is 0 Å². The van der Waals surface area contributed by atoms with Crippen molar-refractivity contribution in [2.24, 2.45) is 0 Å². The summed E-state index contributed by atoms with van der Waals surface area (Å²) in [7, 11) is 1.56. The van der Waals surface area contributed by atoms with Gasteiger partial charge in [0, 0.05) is 6.54 Å². The quantitative estimate of drug-likeness (QED) is 0.841. The van der Waals surface area contributed by atoms with Crippen molar-refractivity contribution in [1.29, 1.82) is 0 Å². The van der Waals surface area contributed by atoms with Gasteiger partial charge in [0.1, 0.15) is 11.5 Å². The first-order valence-corrected chi connectivity index (χ1v) is 6.83. The predicted octanol–water partition coefficient (Wildman–Crippen LogP) is 2.84. The van der Waals surface area contributed by atoms with Crippen molar-refractivity contribution in [3.63, 3.8) is 0 Å². The van der Waals surface area contributed by atoms with Gasteiger partial charge in [-0.15, -0.1) is 0 Å². The molecular weight excluding hydrogens is 314 g/mol. The minimum absolute atomic E-state index is 0.163. The molecule has 0 radical (unpaired) electrons. The standard InChI is InChI=1S/C13H18BrNO4/c1-3-6-19-13(17)15-5-4-9-7-12(18-2)10(14)8-11(9)16/h7-8,16H,3-6H2,1-2H3,(H,15,17). The molecule has 5 nitrogen and oxygen atoms in total. The van der Waals surface area contributed by atoms with Crippen molar-refractivity contribution in [2.75, 3.05) is 20.3 Å². The monoisotopic (exact) mass is 331 g/mol. The molecule has 0 aromatic heterocycles. The molecule has 0 fully saturated rings. The fraction of sp³-hybridized carbons (Fsp3) is 0.462. The molecule has 0 unspecified atom stereocenters. The van der Waals surface area contributed by atoms with Crippen LogP contribution in [0.3, 0.4) is 0 Å². The molecule has 0 heterocycles. The number of hydrogen-bond donors (Lipinski definition) is 2. The number of ether oxygens (including phenoxy) is 2. The van der Waals surface area contributed by atoms with Gasteiger partial charge >= 0.3 is 6.09 Å². The highest BCUT2D eigenvalue weighted by Crippen LogP contribution is 2.32. The van der Waals surface area contributed by atoms with Gasteiger partial charge < -0.3 is 19.9 Å². The summed E-state index contributed by atoms with van der Waals surface area (Å²) in [5.74, 6) is 0.803. The van der Waals surface area contributed by atoms with Gasteiger partial charge in [-0.1, -0.05) is 6.92 Å². The number of alkyl carbamates (subject to hydrolysis) is 1. The molecule has 0 saturated carbocycles. The number of phenols is 1. The number of aromatic hydroxyl groups is 1. The van der Waals surface area contributed by atoms with Crippen molar-refractivity contribution < 1.29 is 19.4 Å². The maximum Gasteiger partial charge on any atom is 0.407 e. The molecule has 1 aromatic rings. The number of benzene rings is 1. The lowest BCUT2D eigenvalue weighted by Crippen LogP contribution is -2.26. The van der Waals surface area contributed by atoms with Crippen LogP contribution >= 0.6 is 15.9 Å². The first-order valence-electron chi connectivity index (χ1n) is 6.04. The van der Waals surface area contributed by atoms with E-state index in [0.717, 1.165) is 6.42 Å². The summed E-state index contributed by atoms with van der Waals surface area (Å²) in [6.07, 6.45) is 0.847. The molecule has 6 heteroatoms. The molecule has 0 spiro atoms. The van der Waals surface area contributed by atoms with E-state index in [-0.39, 0.29) is 5.75 Å². The number of carbonyl (C=O) groups excluding carboxylic acids is 1. The Morgan fingerprint density at radius 2 is 2.21 bits per heavy atom. The maximum absolute atomic E-state index is 11.2. The number of hydrogen-bond acceptors (Lipinski definition) is 4. The fourth-order valence-electron chi connectivity index (χ4n) is 1.49. The Hall–Kier alpha value is -1.43. The summed E-state index contributed by atoms with van der Waals surface area (Å²) in [4.78, 5) is 11.2. The number of halogens is 1. The van der Waals surface area contributed by atoms with Crippen LogP contribution in [0.25, 0.3) is 0 Å². The maximum atomic E-state index is 11.2. The zero-order valence-corrected chi connectivity index (χ0v) is 12.6. The highest BCUT2D eigenvalue weighted by Gasteiger charge is 2.09. The lowest BCUT2D eigenvalue weighted by atomic mass is 10.1. The average Bonchev–Trinajstić information content (AvgIpc) is 2.38.